The smallest absolute Gasteiger partial charge is 0.270 e. The third-order valence-electron chi connectivity index (χ3n) is 4.22. The lowest BCUT2D eigenvalue weighted by Gasteiger charge is -2.17. The number of benzene rings is 2. The van der Waals surface area contributed by atoms with Gasteiger partial charge in [-0.2, -0.15) is 0 Å². The van der Waals surface area contributed by atoms with E-state index in [0.29, 0.717) is 5.70 Å². The summed E-state index contributed by atoms with van der Waals surface area (Å²) in [4.78, 5) is 26.9. The molecular formula is C22H22N2O2. The second kappa shape index (κ2) is 8.81. The molecule has 1 saturated heterocycles. The van der Waals surface area contributed by atoms with Gasteiger partial charge >= 0.3 is 0 Å². The molecule has 0 aromatic heterocycles. The first kappa shape index (κ1) is 17.7. The van der Waals surface area contributed by atoms with Gasteiger partial charge in [0.25, 0.3) is 5.91 Å². The molecule has 0 spiro atoms. The summed E-state index contributed by atoms with van der Waals surface area (Å²) in [6, 6.07) is 19.1. The topological polar surface area (TPSA) is 49.4 Å². The maximum absolute atomic E-state index is 12.8. The lowest BCUT2D eigenvalue weighted by atomic mass is 10.1. The summed E-state index contributed by atoms with van der Waals surface area (Å²) in [5, 5.41) is 2.76. The second-order valence-electron chi connectivity index (χ2n) is 6.20. The molecule has 132 valence electrons. The van der Waals surface area contributed by atoms with Gasteiger partial charge in [0.15, 0.2) is 0 Å². The van der Waals surface area contributed by atoms with Crippen LogP contribution in [0, 0.1) is 0 Å². The van der Waals surface area contributed by atoms with Crippen molar-refractivity contribution in [2.24, 2.45) is 0 Å². The van der Waals surface area contributed by atoms with Crippen molar-refractivity contribution in [3.63, 3.8) is 0 Å². The highest BCUT2D eigenvalue weighted by atomic mass is 16.2. The summed E-state index contributed by atoms with van der Waals surface area (Å²) in [5.41, 5.74) is 2.12. The Kier molecular flexibility index (Phi) is 5.99. The zero-order valence-electron chi connectivity index (χ0n) is 14.6. The second-order valence-corrected chi connectivity index (χ2v) is 6.20. The fourth-order valence-corrected chi connectivity index (χ4v) is 2.87. The van der Waals surface area contributed by atoms with Crippen LogP contribution in [0.5, 0.6) is 0 Å². The molecule has 1 heterocycles. The normalized spacial score (nSPS) is 14.6. The van der Waals surface area contributed by atoms with Gasteiger partial charge in [-0.05, 0) is 36.1 Å². The van der Waals surface area contributed by atoms with Crippen molar-refractivity contribution in [3.8, 4) is 0 Å². The Hall–Kier alpha value is -3.14. The molecule has 0 atom stereocenters. The zero-order valence-corrected chi connectivity index (χ0v) is 14.6. The predicted molar refractivity (Wildman–Crippen MR) is 104 cm³/mol. The van der Waals surface area contributed by atoms with Crippen LogP contribution in [0.25, 0.3) is 12.2 Å². The molecule has 4 nitrogen and oxygen atoms in total. The highest BCUT2D eigenvalue weighted by Crippen LogP contribution is 2.13. The van der Waals surface area contributed by atoms with Crippen LogP contribution in [-0.2, 0) is 9.59 Å². The molecule has 1 aliphatic rings. The Morgan fingerprint density at radius 2 is 1.42 bits per heavy atom. The minimum Gasteiger partial charge on any atom is -0.337 e. The number of carbonyl (C=O) groups excluding carboxylic acids is 2. The molecule has 0 aliphatic carbocycles. The molecule has 0 radical (unpaired) electrons. The standard InChI is InChI=1S/C22H22N2O2/c25-21(14-13-18-9-3-1-4-10-18)23-20(17-19-11-5-2-6-12-19)22(26)24-15-7-8-16-24/h1-6,9-14,17H,7-8,15-16H2,(H,23,25)/b14-13+,20-17?. The van der Waals surface area contributed by atoms with Crippen molar-refractivity contribution >= 4 is 24.0 Å². The minimum atomic E-state index is -0.316. The summed E-state index contributed by atoms with van der Waals surface area (Å²) < 4.78 is 0. The first-order valence-corrected chi connectivity index (χ1v) is 8.82. The molecule has 1 N–H and O–H groups in total. The van der Waals surface area contributed by atoms with Crippen molar-refractivity contribution in [1.29, 1.82) is 0 Å². The van der Waals surface area contributed by atoms with Gasteiger partial charge in [-0.25, -0.2) is 0 Å². The van der Waals surface area contributed by atoms with Gasteiger partial charge in [-0.3, -0.25) is 9.59 Å². The summed E-state index contributed by atoms with van der Waals surface area (Å²) in [7, 11) is 0. The molecule has 0 unspecified atom stereocenters. The van der Waals surface area contributed by atoms with E-state index < -0.39 is 0 Å². The highest BCUT2D eigenvalue weighted by Gasteiger charge is 2.22. The minimum absolute atomic E-state index is 0.132. The van der Waals surface area contributed by atoms with Gasteiger partial charge < -0.3 is 10.2 Å². The van der Waals surface area contributed by atoms with E-state index in [4.69, 9.17) is 0 Å². The fraction of sp³-hybridized carbons (Fsp3) is 0.182. The number of hydrogen-bond acceptors (Lipinski definition) is 2. The highest BCUT2D eigenvalue weighted by molar-refractivity contribution is 6.04. The number of hydrogen-bond donors (Lipinski definition) is 1. The van der Waals surface area contributed by atoms with Gasteiger partial charge in [0.2, 0.25) is 5.91 Å². The maximum Gasteiger partial charge on any atom is 0.270 e. The van der Waals surface area contributed by atoms with Crippen LogP contribution in [0.15, 0.2) is 72.4 Å². The lowest BCUT2D eigenvalue weighted by Crippen LogP contribution is -2.36. The summed E-state index contributed by atoms with van der Waals surface area (Å²) in [6.07, 6.45) is 6.93. The summed E-state index contributed by atoms with van der Waals surface area (Å²) >= 11 is 0. The van der Waals surface area contributed by atoms with E-state index in [1.165, 1.54) is 6.08 Å². The number of carbonyl (C=O) groups is 2. The quantitative estimate of drug-likeness (QED) is 0.843. The number of rotatable bonds is 5. The van der Waals surface area contributed by atoms with Crippen molar-refractivity contribution in [2.45, 2.75) is 12.8 Å². The van der Waals surface area contributed by atoms with Crippen LogP contribution in [0.4, 0.5) is 0 Å². The molecule has 3 rings (SSSR count). The van der Waals surface area contributed by atoms with Crippen molar-refractivity contribution in [3.05, 3.63) is 83.6 Å². The molecular weight excluding hydrogens is 324 g/mol. The van der Waals surface area contributed by atoms with E-state index in [0.717, 1.165) is 37.1 Å². The van der Waals surface area contributed by atoms with Gasteiger partial charge in [0.05, 0.1) is 0 Å². The average Bonchev–Trinajstić information content (AvgIpc) is 3.22. The Bertz CT molecular complexity index is 805. The molecule has 2 aromatic rings. The Morgan fingerprint density at radius 1 is 0.846 bits per heavy atom. The number of likely N-dealkylation sites (tertiary alicyclic amines) is 1. The van der Waals surface area contributed by atoms with Crippen LogP contribution in [0.3, 0.4) is 0 Å². The van der Waals surface area contributed by atoms with Crippen LogP contribution >= 0.6 is 0 Å². The van der Waals surface area contributed by atoms with Crippen LogP contribution in [0.1, 0.15) is 24.0 Å². The molecule has 4 heteroatoms. The van der Waals surface area contributed by atoms with E-state index in [1.807, 2.05) is 60.7 Å². The monoisotopic (exact) mass is 346 g/mol. The molecule has 2 aromatic carbocycles. The van der Waals surface area contributed by atoms with Crippen molar-refractivity contribution in [2.75, 3.05) is 13.1 Å². The largest absolute Gasteiger partial charge is 0.337 e. The molecule has 1 aliphatic heterocycles. The lowest BCUT2D eigenvalue weighted by molar-refractivity contribution is -0.128. The third kappa shape index (κ3) is 4.93. The Balaban J connectivity index is 1.76. The van der Waals surface area contributed by atoms with Crippen LogP contribution < -0.4 is 5.32 Å². The van der Waals surface area contributed by atoms with E-state index in [1.54, 1.807) is 17.1 Å². The van der Waals surface area contributed by atoms with E-state index in [2.05, 4.69) is 5.32 Å². The summed E-state index contributed by atoms with van der Waals surface area (Å²) in [5.74, 6) is -0.448. The van der Waals surface area contributed by atoms with E-state index >= 15 is 0 Å². The van der Waals surface area contributed by atoms with Crippen molar-refractivity contribution in [1.82, 2.24) is 10.2 Å². The number of amides is 2. The Labute approximate surface area is 153 Å². The van der Waals surface area contributed by atoms with E-state index in [-0.39, 0.29) is 11.8 Å². The number of nitrogens with zero attached hydrogens (tertiary/aromatic N) is 1. The first-order chi connectivity index (χ1) is 12.7. The molecule has 0 bridgehead atoms. The van der Waals surface area contributed by atoms with Crippen LogP contribution in [-0.4, -0.2) is 29.8 Å². The molecule has 1 fully saturated rings. The SMILES string of the molecule is O=C(/C=C/c1ccccc1)NC(=Cc1ccccc1)C(=O)N1CCCC1. The molecule has 2 amide bonds. The average molecular weight is 346 g/mol. The fourth-order valence-electron chi connectivity index (χ4n) is 2.87. The van der Waals surface area contributed by atoms with Crippen molar-refractivity contribution < 1.29 is 9.59 Å². The van der Waals surface area contributed by atoms with Crippen LogP contribution in [0.2, 0.25) is 0 Å². The van der Waals surface area contributed by atoms with Gasteiger partial charge in [-0.1, -0.05) is 60.7 Å². The number of nitrogens with one attached hydrogen (secondary N) is 1. The molecule has 0 saturated carbocycles. The van der Waals surface area contributed by atoms with Gasteiger partial charge in [-0.15, -0.1) is 0 Å². The maximum atomic E-state index is 12.8. The third-order valence-corrected chi connectivity index (χ3v) is 4.22. The zero-order chi connectivity index (χ0) is 18.2. The Morgan fingerprint density at radius 3 is 2.04 bits per heavy atom. The van der Waals surface area contributed by atoms with Gasteiger partial charge in [0.1, 0.15) is 5.70 Å². The predicted octanol–water partition coefficient (Wildman–Crippen LogP) is 3.48. The van der Waals surface area contributed by atoms with Gasteiger partial charge in [0, 0.05) is 19.2 Å². The summed E-state index contributed by atoms with van der Waals surface area (Å²) in [6.45, 7) is 1.47. The van der Waals surface area contributed by atoms with E-state index in [9.17, 15) is 9.59 Å². The molecule has 26 heavy (non-hydrogen) atoms. The first-order valence-electron chi connectivity index (χ1n) is 8.82.